The van der Waals surface area contributed by atoms with Crippen LogP contribution in [0.1, 0.15) is 30.8 Å². The number of aromatic amines is 1. The Morgan fingerprint density at radius 2 is 1.97 bits per heavy atom. The third-order valence-corrected chi connectivity index (χ3v) is 5.27. The average Bonchev–Trinajstić information content (AvgIpc) is 3.25. The van der Waals surface area contributed by atoms with Crippen molar-refractivity contribution in [2.24, 2.45) is 5.92 Å². The van der Waals surface area contributed by atoms with Gasteiger partial charge in [0.15, 0.2) is 5.82 Å². The van der Waals surface area contributed by atoms with Crippen LogP contribution in [0.2, 0.25) is 0 Å². The van der Waals surface area contributed by atoms with Crippen molar-refractivity contribution in [2.45, 2.75) is 33.1 Å². The van der Waals surface area contributed by atoms with E-state index in [9.17, 15) is 9.59 Å². The molecule has 0 radical (unpaired) electrons. The van der Waals surface area contributed by atoms with Crippen molar-refractivity contribution in [1.29, 1.82) is 0 Å². The second-order valence-electron chi connectivity index (χ2n) is 7.36. The Kier molecular flexibility index (Phi) is 7.73. The highest BCUT2D eigenvalue weighted by molar-refractivity contribution is 7.09. The van der Waals surface area contributed by atoms with E-state index in [1.54, 1.807) is 11.3 Å². The lowest BCUT2D eigenvalue weighted by atomic mass is 10.2. The van der Waals surface area contributed by atoms with E-state index in [0.29, 0.717) is 24.9 Å². The van der Waals surface area contributed by atoms with E-state index >= 15 is 0 Å². The van der Waals surface area contributed by atoms with Crippen molar-refractivity contribution in [3.8, 4) is 17.1 Å². The maximum atomic E-state index is 12.3. The summed E-state index contributed by atoms with van der Waals surface area (Å²) in [6.45, 7) is 5.40. The molecular weight excluding hydrogens is 400 g/mol. The van der Waals surface area contributed by atoms with Gasteiger partial charge < -0.3 is 15.0 Å². The Morgan fingerprint density at radius 3 is 2.63 bits per heavy atom. The molecule has 1 aromatic carbocycles. The largest absolute Gasteiger partial charge is 0.493 e. The summed E-state index contributed by atoms with van der Waals surface area (Å²) in [7, 11) is 0. The van der Waals surface area contributed by atoms with Gasteiger partial charge in [-0.2, -0.15) is 0 Å². The fourth-order valence-corrected chi connectivity index (χ4v) is 3.44. The molecule has 2 heterocycles. The number of hydrogen-bond acceptors (Lipinski definition) is 6. The number of nitrogens with one attached hydrogen (secondary N) is 2. The molecule has 158 valence electrons. The highest BCUT2D eigenvalue weighted by Gasteiger charge is 2.10. The molecule has 0 atom stereocenters. The topological polar surface area (TPSA) is 97.0 Å². The average molecular weight is 427 g/mol. The molecule has 0 unspecified atom stereocenters. The zero-order chi connectivity index (χ0) is 21.3. The smallest absolute Gasteiger partial charge is 0.273 e. The van der Waals surface area contributed by atoms with Crippen LogP contribution in [-0.2, 0) is 17.6 Å². The van der Waals surface area contributed by atoms with Crippen LogP contribution in [0, 0.1) is 5.92 Å². The molecule has 30 heavy (non-hydrogen) atoms. The molecule has 3 rings (SSSR count). The van der Waals surface area contributed by atoms with Crippen molar-refractivity contribution < 1.29 is 9.53 Å². The molecule has 0 aliphatic heterocycles. The summed E-state index contributed by atoms with van der Waals surface area (Å²) >= 11 is 1.67. The van der Waals surface area contributed by atoms with E-state index in [0.717, 1.165) is 17.7 Å². The summed E-state index contributed by atoms with van der Waals surface area (Å²) in [6.07, 6.45) is 1.25. The summed E-state index contributed by atoms with van der Waals surface area (Å²) in [4.78, 5) is 28.3. The van der Waals surface area contributed by atoms with Crippen LogP contribution < -0.4 is 15.6 Å². The highest BCUT2D eigenvalue weighted by atomic mass is 32.1. The number of amides is 1. The molecule has 0 fully saturated rings. The Hall–Kier alpha value is -3.00. The molecule has 7 nitrogen and oxygen atoms in total. The third kappa shape index (κ3) is 6.52. The second kappa shape index (κ2) is 10.7. The fraction of sp³-hybridized carbons (Fsp3) is 0.364. The first-order chi connectivity index (χ1) is 14.5. The molecule has 2 N–H and O–H groups in total. The molecule has 8 heteroatoms. The second-order valence-corrected chi connectivity index (χ2v) is 8.39. The molecule has 0 spiro atoms. The maximum absolute atomic E-state index is 12.3. The molecule has 0 saturated heterocycles. The summed E-state index contributed by atoms with van der Waals surface area (Å²) in [5, 5.41) is 13.0. The first kappa shape index (κ1) is 21.7. The summed E-state index contributed by atoms with van der Waals surface area (Å²) in [5.41, 5.74) is 0.671. The van der Waals surface area contributed by atoms with Crippen LogP contribution in [0.4, 0.5) is 0 Å². The van der Waals surface area contributed by atoms with E-state index in [4.69, 9.17) is 4.74 Å². The lowest BCUT2D eigenvalue weighted by Crippen LogP contribution is -2.27. The Bertz CT molecular complexity index is 998. The van der Waals surface area contributed by atoms with Crippen LogP contribution in [0.15, 0.2) is 46.6 Å². The molecule has 1 amide bonds. The number of hydrogen-bond donors (Lipinski definition) is 2. The van der Waals surface area contributed by atoms with E-state index in [1.165, 1.54) is 4.88 Å². The summed E-state index contributed by atoms with van der Waals surface area (Å²) in [6, 6.07) is 11.4. The van der Waals surface area contributed by atoms with Crippen molar-refractivity contribution in [3.05, 3.63) is 62.7 Å². The molecular formula is C22H26N4O3S. The standard InChI is InChI=1S/C22H26N4O3S/c1-15(2)14-29-17-7-5-16(6-8-17)21-24-22(28)19(25-26-21)9-10-20(27)23-12-11-18-4-3-13-30-18/h3-8,13,15H,9-12,14H2,1-2H3,(H,23,27)(H,24,26,28). The quantitative estimate of drug-likeness (QED) is 0.519. The number of thiophene rings is 1. The van der Waals surface area contributed by atoms with Crippen molar-refractivity contribution in [3.63, 3.8) is 0 Å². The van der Waals surface area contributed by atoms with Gasteiger partial charge in [-0.05, 0) is 48.1 Å². The summed E-state index contributed by atoms with van der Waals surface area (Å²) in [5.74, 6) is 1.50. The SMILES string of the molecule is CC(C)COc1ccc(-c2nnc(CCC(=O)NCCc3cccs3)c(=O)[nH]2)cc1. The zero-order valence-corrected chi connectivity index (χ0v) is 18.0. The Morgan fingerprint density at radius 1 is 1.17 bits per heavy atom. The van der Waals surface area contributed by atoms with Crippen LogP contribution >= 0.6 is 11.3 Å². The number of carbonyl (C=O) groups excluding carboxylic acids is 1. The number of rotatable bonds is 10. The predicted molar refractivity (Wildman–Crippen MR) is 118 cm³/mol. The minimum absolute atomic E-state index is 0.103. The Balaban J connectivity index is 1.51. The number of aryl methyl sites for hydroxylation is 1. The fourth-order valence-electron chi connectivity index (χ4n) is 2.73. The van der Waals surface area contributed by atoms with Crippen LogP contribution in [0.5, 0.6) is 5.75 Å². The van der Waals surface area contributed by atoms with E-state index in [1.807, 2.05) is 41.8 Å². The molecule has 0 bridgehead atoms. The number of aromatic nitrogens is 3. The molecule has 0 aliphatic rings. The zero-order valence-electron chi connectivity index (χ0n) is 17.2. The lowest BCUT2D eigenvalue weighted by Gasteiger charge is -2.09. The number of nitrogens with zero attached hydrogens (tertiary/aromatic N) is 2. The van der Waals surface area contributed by atoms with Crippen molar-refractivity contribution in [1.82, 2.24) is 20.5 Å². The molecule has 0 aliphatic carbocycles. The first-order valence-electron chi connectivity index (χ1n) is 9.99. The van der Waals surface area contributed by atoms with E-state index < -0.39 is 0 Å². The van der Waals surface area contributed by atoms with Crippen LogP contribution in [0.25, 0.3) is 11.4 Å². The predicted octanol–water partition coefficient (Wildman–Crippen LogP) is 3.22. The van der Waals surface area contributed by atoms with Gasteiger partial charge in [0.05, 0.1) is 6.61 Å². The van der Waals surface area contributed by atoms with E-state index in [-0.39, 0.29) is 30.0 Å². The van der Waals surface area contributed by atoms with Crippen LogP contribution in [-0.4, -0.2) is 34.2 Å². The number of H-pyrrole nitrogens is 1. The molecule has 0 saturated carbocycles. The van der Waals surface area contributed by atoms with Crippen molar-refractivity contribution in [2.75, 3.05) is 13.2 Å². The normalized spacial score (nSPS) is 10.9. The summed E-state index contributed by atoms with van der Waals surface area (Å²) < 4.78 is 5.66. The number of carbonyl (C=O) groups is 1. The van der Waals surface area contributed by atoms with E-state index in [2.05, 4.69) is 34.3 Å². The van der Waals surface area contributed by atoms with Gasteiger partial charge in [0.1, 0.15) is 11.4 Å². The van der Waals surface area contributed by atoms with Gasteiger partial charge in [-0.25, -0.2) is 0 Å². The number of ether oxygens (including phenoxy) is 1. The minimum atomic E-state index is -0.327. The van der Waals surface area contributed by atoms with Gasteiger partial charge in [-0.1, -0.05) is 19.9 Å². The van der Waals surface area contributed by atoms with Gasteiger partial charge in [0.2, 0.25) is 5.91 Å². The third-order valence-electron chi connectivity index (χ3n) is 4.34. The molecule has 3 aromatic rings. The minimum Gasteiger partial charge on any atom is -0.493 e. The van der Waals surface area contributed by atoms with Crippen LogP contribution in [0.3, 0.4) is 0 Å². The number of benzene rings is 1. The van der Waals surface area contributed by atoms with Gasteiger partial charge in [-0.3, -0.25) is 9.59 Å². The highest BCUT2D eigenvalue weighted by Crippen LogP contribution is 2.18. The van der Waals surface area contributed by atoms with Gasteiger partial charge in [0.25, 0.3) is 5.56 Å². The monoisotopic (exact) mass is 426 g/mol. The van der Waals surface area contributed by atoms with Gasteiger partial charge >= 0.3 is 0 Å². The lowest BCUT2D eigenvalue weighted by molar-refractivity contribution is -0.121. The first-order valence-corrected chi connectivity index (χ1v) is 10.9. The van der Waals surface area contributed by atoms with Gasteiger partial charge in [0, 0.05) is 29.8 Å². The van der Waals surface area contributed by atoms with Gasteiger partial charge in [-0.15, -0.1) is 21.5 Å². The van der Waals surface area contributed by atoms with Crippen molar-refractivity contribution >= 4 is 17.2 Å². The molecule has 2 aromatic heterocycles. The maximum Gasteiger partial charge on any atom is 0.273 e. The Labute approximate surface area is 179 Å².